The minimum absolute atomic E-state index is 0.222. The van der Waals surface area contributed by atoms with Gasteiger partial charge in [0.15, 0.2) is 0 Å². The number of hydrogen-bond donors (Lipinski definition) is 1. The summed E-state index contributed by atoms with van der Waals surface area (Å²) in [5, 5.41) is 3.51. The second-order valence-electron chi connectivity index (χ2n) is 7.11. The second-order valence-corrected chi connectivity index (χ2v) is 7.11. The third-order valence-corrected chi connectivity index (χ3v) is 3.93. The lowest BCUT2D eigenvalue weighted by molar-refractivity contribution is 0.589. The van der Waals surface area contributed by atoms with E-state index in [9.17, 15) is 0 Å². The first kappa shape index (κ1) is 16.6. The average molecular weight is 296 g/mol. The smallest absolute Gasteiger partial charge is 0.0361 e. The van der Waals surface area contributed by atoms with Crippen molar-refractivity contribution in [3.8, 4) is 0 Å². The van der Waals surface area contributed by atoms with Crippen LogP contribution in [0.3, 0.4) is 0 Å². The number of anilines is 1. The van der Waals surface area contributed by atoms with Gasteiger partial charge in [-0.1, -0.05) is 57.2 Å². The summed E-state index contributed by atoms with van der Waals surface area (Å²) in [6.45, 7) is 8.54. The summed E-state index contributed by atoms with van der Waals surface area (Å²) in [7, 11) is 4.13. The summed E-state index contributed by atoms with van der Waals surface area (Å²) < 4.78 is 0. The van der Waals surface area contributed by atoms with E-state index in [1.54, 1.807) is 0 Å². The van der Waals surface area contributed by atoms with Crippen molar-refractivity contribution in [3.05, 3.63) is 65.2 Å². The van der Waals surface area contributed by atoms with Crippen LogP contribution in [0.15, 0.2) is 48.5 Å². The SMILES string of the molecule is CN(C)c1ccc(CNCc2ccc(C(C)(C)C)cc2)cc1. The maximum absolute atomic E-state index is 3.51. The van der Waals surface area contributed by atoms with Gasteiger partial charge in [0.1, 0.15) is 0 Å². The molecular formula is C20H28N2. The van der Waals surface area contributed by atoms with Gasteiger partial charge in [0, 0.05) is 32.9 Å². The van der Waals surface area contributed by atoms with Gasteiger partial charge < -0.3 is 10.2 Å². The van der Waals surface area contributed by atoms with Crippen molar-refractivity contribution in [1.82, 2.24) is 5.32 Å². The van der Waals surface area contributed by atoms with Gasteiger partial charge in [-0.2, -0.15) is 0 Å². The molecule has 2 nitrogen and oxygen atoms in total. The number of rotatable bonds is 5. The maximum Gasteiger partial charge on any atom is 0.0361 e. The van der Waals surface area contributed by atoms with E-state index >= 15 is 0 Å². The van der Waals surface area contributed by atoms with E-state index in [0.29, 0.717) is 0 Å². The molecule has 2 rings (SSSR count). The number of benzene rings is 2. The third kappa shape index (κ3) is 4.60. The van der Waals surface area contributed by atoms with Crippen LogP contribution < -0.4 is 10.2 Å². The quantitative estimate of drug-likeness (QED) is 0.883. The van der Waals surface area contributed by atoms with Crippen LogP contribution in [-0.2, 0) is 18.5 Å². The molecule has 0 heterocycles. The van der Waals surface area contributed by atoms with E-state index in [2.05, 4.69) is 93.6 Å². The highest BCUT2D eigenvalue weighted by Gasteiger charge is 2.12. The van der Waals surface area contributed by atoms with E-state index in [0.717, 1.165) is 13.1 Å². The first-order valence-electron chi connectivity index (χ1n) is 7.92. The molecule has 0 aliphatic rings. The molecule has 2 aromatic rings. The van der Waals surface area contributed by atoms with Gasteiger partial charge in [-0.15, -0.1) is 0 Å². The van der Waals surface area contributed by atoms with Crippen LogP contribution in [0.4, 0.5) is 5.69 Å². The van der Waals surface area contributed by atoms with Crippen LogP contribution in [0.5, 0.6) is 0 Å². The van der Waals surface area contributed by atoms with Crippen molar-refractivity contribution in [2.45, 2.75) is 39.3 Å². The molecule has 0 saturated carbocycles. The molecule has 118 valence electrons. The van der Waals surface area contributed by atoms with Gasteiger partial charge in [0.05, 0.1) is 0 Å². The lowest BCUT2D eigenvalue weighted by Gasteiger charge is -2.19. The van der Waals surface area contributed by atoms with Crippen molar-refractivity contribution in [2.75, 3.05) is 19.0 Å². The van der Waals surface area contributed by atoms with Gasteiger partial charge in [-0.25, -0.2) is 0 Å². The molecule has 0 fully saturated rings. The van der Waals surface area contributed by atoms with Crippen molar-refractivity contribution in [3.63, 3.8) is 0 Å². The standard InChI is InChI=1S/C20H28N2/c1-20(2,3)18-10-6-16(7-11-18)14-21-15-17-8-12-19(13-9-17)22(4)5/h6-13,21H,14-15H2,1-5H3. The largest absolute Gasteiger partial charge is 0.378 e. The Morgan fingerprint density at radius 3 is 1.64 bits per heavy atom. The summed E-state index contributed by atoms with van der Waals surface area (Å²) in [4.78, 5) is 2.12. The van der Waals surface area contributed by atoms with Crippen LogP contribution in [0, 0.1) is 0 Å². The van der Waals surface area contributed by atoms with Crippen molar-refractivity contribution in [1.29, 1.82) is 0 Å². The summed E-state index contributed by atoms with van der Waals surface area (Å²) in [5.74, 6) is 0. The topological polar surface area (TPSA) is 15.3 Å². The Hall–Kier alpha value is -1.80. The second kappa shape index (κ2) is 6.97. The molecule has 22 heavy (non-hydrogen) atoms. The van der Waals surface area contributed by atoms with Crippen LogP contribution in [-0.4, -0.2) is 14.1 Å². The van der Waals surface area contributed by atoms with Gasteiger partial charge in [0.25, 0.3) is 0 Å². The fraction of sp³-hybridized carbons (Fsp3) is 0.400. The predicted octanol–water partition coefficient (Wildman–Crippen LogP) is 4.34. The van der Waals surface area contributed by atoms with E-state index in [1.807, 2.05) is 0 Å². The van der Waals surface area contributed by atoms with Gasteiger partial charge in [0.2, 0.25) is 0 Å². The molecule has 0 amide bonds. The Morgan fingerprint density at radius 1 is 0.773 bits per heavy atom. The first-order chi connectivity index (χ1) is 10.4. The molecule has 0 atom stereocenters. The summed E-state index contributed by atoms with van der Waals surface area (Å²) in [5.41, 5.74) is 5.49. The maximum atomic E-state index is 3.51. The number of hydrogen-bond acceptors (Lipinski definition) is 2. The highest BCUT2D eigenvalue weighted by molar-refractivity contribution is 5.45. The Bertz CT molecular complexity index is 575. The lowest BCUT2D eigenvalue weighted by atomic mass is 9.87. The molecule has 0 radical (unpaired) electrons. The molecule has 0 aliphatic carbocycles. The van der Waals surface area contributed by atoms with Crippen LogP contribution in [0.25, 0.3) is 0 Å². The van der Waals surface area contributed by atoms with E-state index in [-0.39, 0.29) is 5.41 Å². The molecule has 0 bridgehead atoms. The van der Waals surface area contributed by atoms with Crippen LogP contribution in [0.2, 0.25) is 0 Å². The molecule has 2 heteroatoms. The molecule has 1 N–H and O–H groups in total. The summed E-state index contributed by atoms with van der Waals surface area (Å²) in [6, 6.07) is 17.6. The van der Waals surface area contributed by atoms with Crippen LogP contribution >= 0.6 is 0 Å². The highest BCUT2D eigenvalue weighted by atomic mass is 15.1. The Kier molecular flexibility index (Phi) is 5.25. The minimum atomic E-state index is 0.222. The lowest BCUT2D eigenvalue weighted by Crippen LogP contribution is -2.14. The van der Waals surface area contributed by atoms with E-state index in [4.69, 9.17) is 0 Å². The average Bonchev–Trinajstić information content (AvgIpc) is 2.47. The zero-order chi connectivity index (χ0) is 16.2. The summed E-state index contributed by atoms with van der Waals surface area (Å²) in [6.07, 6.45) is 0. The van der Waals surface area contributed by atoms with Crippen molar-refractivity contribution >= 4 is 5.69 Å². The normalized spacial score (nSPS) is 11.5. The highest BCUT2D eigenvalue weighted by Crippen LogP contribution is 2.22. The van der Waals surface area contributed by atoms with Crippen molar-refractivity contribution in [2.24, 2.45) is 0 Å². The Morgan fingerprint density at radius 2 is 1.23 bits per heavy atom. The van der Waals surface area contributed by atoms with E-state index < -0.39 is 0 Å². The minimum Gasteiger partial charge on any atom is -0.378 e. The molecule has 0 unspecified atom stereocenters. The fourth-order valence-electron chi connectivity index (χ4n) is 2.39. The Labute approximate surface area is 135 Å². The Balaban J connectivity index is 1.86. The molecule has 0 aromatic heterocycles. The third-order valence-electron chi connectivity index (χ3n) is 3.93. The molecule has 0 spiro atoms. The van der Waals surface area contributed by atoms with Gasteiger partial charge >= 0.3 is 0 Å². The fourth-order valence-corrected chi connectivity index (χ4v) is 2.39. The zero-order valence-corrected chi connectivity index (χ0v) is 14.5. The zero-order valence-electron chi connectivity index (χ0n) is 14.5. The molecule has 0 aliphatic heterocycles. The van der Waals surface area contributed by atoms with Gasteiger partial charge in [-0.05, 0) is 34.2 Å². The monoisotopic (exact) mass is 296 g/mol. The van der Waals surface area contributed by atoms with Gasteiger partial charge in [-0.3, -0.25) is 0 Å². The predicted molar refractivity (Wildman–Crippen MR) is 96.5 cm³/mol. The molecular weight excluding hydrogens is 268 g/mol. The van der Waals surface area contributed by atoms with Crippen molar-refractivity contribution < 1.29 is 0 Å². The number of nitrogens with zero attached hydrogens (tertiary/aromatic N) is 1. The summed E-state index contributed by atoms with van der Waals surface area (Å²) >= 11 is 0. The number of nitrogens with one attached hydrogen (secondary N) is 1. The molecule has 0 saturated heterocycles. The van der Waals surface area contributed by atoms with Crippen LogP contribution in [0.1, 0.15) is 37.5 Å². The molecule has 2 aromatic carbocycles. The first-order valence-corrected chi connectivity index (χ1v) is 7.92. The van der Waals surface area contributed by atoms with E-state index in [1.165, 1.54) is 22.4 Å².